The largest absolute Gasteiger partial charge is 0.382 e. The van der Waals surface area contributed by atoms with E-state index in [0.717, 1.165) is 12.2 Å². The summed E-state index contributed by atoms with van der Waals surface area (Å²) in [6.07, 6.45) is 2.28. The van der Waals surface area contributed by atoms with Gasteiger partial charge in [0.15, 0.2) is 9.84 Å². The molecule has 0 aromatic carbocycles. The van der Waals surface area contributed by atoms with Crippen LogP contribution >= 0.6 is 0 Å². The first kappa shape index (κ1) is 11.2. The van der Waals surface area contributed by atoms with Crippen molar-refractivity contribution in [2.75, 3.05) is 35.2 Å². The molecular formula is C10H15N3O2S. The average Bonchev–Trinajstić information content (AvgIpc) is 2.40. The van der Waals surface area contributed by atoms with E-state index in [1.165, 1.54) is 0 Å². The molecule has 2 N–H and O–H groups in total. The molecule has 2 rings (SSSR count). The Morgan fingerprint density at radius 1 is 1.31 bits per heavy atom. The maximum absolute atomic E-state index is 11.5. The Balaban J connectivity index is 2.20. The van der Waals surface area contributed by atoms with Crippen molar-refractivity contribution in [1.29, 1.82) is 0 Å². The fourth-order valence-electron chi connectivity index (χ4n) is 1.86. The Morgan fingerprint density at radius 2 is 2.12 bits per heavy atom. The third-order valence-corrected chi connectivity index (χ3v) is 4.43. The van der Waals surface area contributed by atoms with E-state index in [4.69, 9.17) is 5.73 Å². The van der Waals surface area contributed by atoms with Gasteiger partial charge in [-0.15, -0.1) is 0 Å². The minimum atomic E-state index is -2.88. The van der Waals surface area contributed by atoms with Gasteiger partial charge in [-0.3, -0.25) is 0 Å². The highest BCUT2D eigenvalue weighted by Crippen LogP contribution is 2.21. The van der Waals surface area contributed by atoms with E-state index >= 15 is 0 Å². The predicted molar refractivity (Wildman–Crippen MR) is 64.1 cm³/mol. The van der Waals surface area contributed by atoms with Crippen molar-refractivity contribution in [2.45, 2.75) is 6.42 Å². The lowest BCUT2D eigenvalue weighted by atomic mass is 10.3. The van der Waals surface area contributed by atoms with Gasteiger partial charge in [0.25, 0.3) is 0 Å². The third-order valence-electron chi connectivity index (χ3n) is 2.71. The molecule has 5 nitrogen and oxygen atoms in total. The summed E-state index contributed by atoms with van der Waals surface area (Å²) in [5, 5.41) is 0. The molecule has 0 spiro atoms. The highest BCUT2D eigenvalue weighted by atomic mass is 32.2. The lowest BCUT2D eigenvalue weighted by molar-refractivity contribution is 0.597. The summed E-state index contributed by atoms with van der Waals surface area (Å²) in [6.45, 7) is 1.22. The summed E-state index contributed by atoms with van der Waals surface area (Å²) in [5.41, 5.74) is 6.60. The number of sulfone groups is 1. The van der Waals surface area contributed by atoms with E-state index in [9.17, 15) is 8.42 Å². The second kappa shape index (κ2) is 4.29. The fourth-order valence-corrected chi connectivity index (χ4v) is 3.13. The summed E-state index contributed by atoms with van der Waals surface area (Å²) in [4.78, 5) is 6.00. The molecule has 0 amide bonds. The quantitative estimate of drug-likeness (QED) is 0.764. The van der Waals surface area contributed by atoms with Crippen LogP contribution in [0.2, 0.25) is 0 Å². The van der Waals surface area contributed by atoms with Crippen molar-refractivity contribution in [1.82, 2.24) is 4.98 Å². The van der Waals surface area contributed by atoms with E-state index in [1.807, 2.05) is 17.0 Å². The van der Waals surface area contributed by atoms with Crippen molar-refractivity contribution in [3.63, 3.8) is 0 Å². The Morgan fingerprint density at radius 3 is 2.88 bits per heavy atom. The first-order valence-corrected chi connectivity index (χ1v) is 7.06. The Labute approximate surface area is 95.2 Å². The van der Waals surface area contributed by atoms with Crippen LogP contribution in [0.5, 0.6) is 0 Å². The Bertz CT molecular complexity index is 473. The Kier molecular flexibility index (Phi) is 3.00. The first-order valence-electron chi connectivity index (χ1n) is 5.24. The van der Waals surface area contributed by atoms with E-state index in [-0.39, 0.29) is 11.5 Å². The maximum Gasteiger partial charge on any atom is 0.152 e. The molecule has 1 fully saturated rings. The molecule has 0 radical (unpaired) electrons. The zero-order chi connectivity index (χ0) is 11.6. The smallest absolute Gasteiger partial charge is 0.152 e. The van der Waals surface area contributed by atoms with Gasteiger partial charge >= 0.3 is 0 Å². The molecular weight excluding hydrogens is 226 g/mol. The van der Waals surface area contributed by atoms with Gasteiger partial charge < -0.3 is 10.6 Å². The Hall–Kier alpha value is -1.30. The molecule has 88 valence electrons. The second-order valence-electron chi connectivity index (χ2n) is 3.90. The highest BCUT2D eigenvalue weighted by molar-refractivity contribution is 7.91. The maximum atomic E-state index is 11.5. The van der Waals surface area contributed by atoms with Crippen LogP contribution in [0.25, 0.3) is 0 Å². The van der Waals surface area contributed by atoms with Crippen molar-refractivity contribution < 1.29 is 8.42 Å². The van der Waals surface area contributed by atoms with Gasteiger partial charge in [-0.05, 0) is 18.6 Å². The number of hydrogen-bond donors (Lipinski definition) is 1. The van der Waals surface area contributed by atoms with E-state index < -0.39 is 9.84 Å². The van der Waals surface area contributed by atoms with Crippen LogP contribution in [0, 0.1) is 0 Å². The van der Waals surface area contributed by atoms with Gasteiger partial charge in [-0.25, -0.2) is 13.4 Å². The molecule has 0 bridgehead atoms. The molecule has 1 aliphatic heterocycles. The van der Waals surface area contributed by atoms with Gasteiger partial charge in [0, 0.05) is 19.3 Å². The summed E-state index contributed by atoms with van der Waals surface area (Å²) in [5.74, 6) is 0.923. The number of nitrogens with two attached hydrogens (primary N) is 1. The minimum Gasteiger partial charge on any atom is -0.382 e. The predicted octanol–water partition coefficient (Wildman–Crippen LogP) is 0.289. The van der Waals surface area contributed by atoms with Crippen molar-refractivity contribution in [3.8, 4) is 0 Å². The fraction of sp³-hybridized carbons (Fsp3) is 0.500. The number of aromatic nitrogens is 1. The lowest BCUT2D eigenvalue weighted by Gasteiger charge is -2.22. The highest BCUT2D eigenvalue weighted by Gasteiger charge is 2.20. The summed E-state index contributed by atoms with van der Waals surface area (Å²) in [6, 6.07) is 3.69. The molecule has 0 unspecified atom stereocenters. The number of pyridine rings is 1. The van der Waals surface area contributed by atoms with Crippen LogP contribution in [0.3, 0.4) is 0 Å². The van der Waals surface area contributed by atoms with Crippen molar-refractivity contribution >= 4 is 21.3 Å². The average molecular weight is 241 g/mol. The number of nitrogens with zero attached hydrogens (tertiary/aromatic N) is 2. The van der Waals surface area contributed by atoms with Gasteiger partial charge in [0.1, 0.15) is 5.82 Å². The third kappa shape index (κ3) is 2.44. The van der Waals surface area contributed by atoms with Crippen LogP contribution in [0.1, 0.15) is 6.42 Å². The van der Waals surface area contributed by atoms with E-state index in [0.29, 0.717) is 18.8 Å². The number of nitrogen functional groups attached to an aromatic ring is 1. The van der Waals surface area contributed by atoms with Crippen LogP contribution < -0.4 is 10.6 Å². The topological polar surface area (TPSA) is 76.3 Å². The van der Waals surface area contributed by atoms with Crippen LogP contribution in [0.15, 0.2) is 18.3 Å². The molecule has 16 heavy (non-hydrogen) atoms. The zero-order valence-corrected chi connectivity index (χ0v) is 9.78. The SMILES string of the molecule is Nc1ncccc1N1CCCS(=O)(=O)CC1. The molecule has 1 aliphatic rings. The molecule has 2 heterocycles. The zero-order valence-electron chi connectivity index (χ0n) is 8.96. The van der Waals surface area contributed by atoms with Crippen LogP contribution in [0.4, 0.5) is 11.5 Å². The summed E-state index contributed by atoms with van der Waals surface area (Å²) < 4.78 is 22.9. The van der Waals surface area contributed by atoms with Crippen LogP contribution in [-0.2, 0) is 9.84 Å². The molecule has 0 aliphatic carbocycles. The lowest BCUT2D eigenvalue weighted by Crippen LogP contribution is -2.27. The van der Waals surface area contributed by atoms with E-state index in [1.54, 1.807) is 6.20 Å². The van der Waals surface area contributed by atoms with Gasteiger partial charge in [0.05, 0.1) is 17.2 Å². The molecule has 0 saturated carbocycles. The normalized spacial score (nSPS) is 20.4. The van der Waals surface area contributed by atoms with Gasteiger partial charge in [0.2, 0.25) is 0 Å². The first-order chi connectivity index (χ1) is 7.58. The second-order valence-corrected chi connectivity index (χ2v) is 6.20. The molecule has 6 heteroatoms. The monoisotopic (exact) mass is 241 g/mol. The molecule has 1 saturated heterocycles. The van der Waals surface area contributed by atoms with Gasteiger partial charge in [-0.2, -0.15) is 0 Å². The molecule has 1 aromatic heterocycles. The minimum absolute atomic E-state index is 0.196. The molecule has 1 aromatic rings. The summed E-state index contributed by atoms with van der Waals surface area (Å²) in [7, 11) is -2.88. The molecule has 0 atom stereocenters. The van der Waals surface area contributed by atoms with E-state index in [2.05, 4.69) is 4.98 Å². The van der Waals surface area contributed by atoms with Crippen molar-refractivity contribution in [3.05, 3.63) is 18.3 Å². The number of anilines is 2. The summed E-state index contributed by atoms with van der Waals surface area (Å²) >= 11 is 0. The van der Waals surface area contributed by atoms with Crippen LogP contribution in [-0.4, -0.2) is 38.0 Å². The van der Waals surface area contributed by atoms with Gasteiger partial charge in [-0.1, -0.05) is 0 Å². The van der Waals surface area contributed by atoms with Crippen molar-refractivity contribution in [2.24, 2.45) is 0 Å². The number of rotatable bonds is 1. The number of hydrogen-bond acceptors (Lipinski definition) is 5. The standard InChI is InChI=1S/C10H15N3O2S/c11-10-9(3-1-4-12-10)13-5-2-7-16(14,15)8-6-13/h1,3-4H,2,5-8H2,(H2,11,12).